The van der Waals surface area contributed by atoms with Gasteiger partial charge in [0.2, 0.25) is 0 Å². The van der Waals surface area contributed by atoms with Gasteiger partial charge in [0, 0.05) is 31.4 Å². The molecule has 0 spiro atoms. The molecule has 18 heavy (non-hydrogen) atoms. The van der Waals surface area contributed by atoms with Crippen LogP contribution in [0.4, 0.5) is 5.69 Å². The number of benzene rings is 1. The van der Waals surface area contributed by atoms with Crippen LogP contribution in [0.1, 0.15) is 6.92 Å². The number of hydrogen-bond donors (Lipinski definition) is 1. The molecule has 0 aromatic heterocycles. The second-order valence-corrected chi connectivity index (χ2v) is 7.09. The molecule has 1 fully saturated rings. The third kappa shape index (κ3) is 3.71. The number of nitrogens with one attached hydrogen (secondary N) is 1. The van der Waals surface area contributed by atoms with E-state index >= 15 is 0 Å². The zero-order chi connectivity index (χ0) is 13.0. The highest BCUT2D eigenvalue weighted by atomic mass is 32.2. The highest BCUT2D eigenvalue weighted by Crippen LogP contribution is 2.10. The molecule has 1 aliphatic heterocycles. The van der Waals surface area contributed by atoms with Crippen LogP contribution >= 0.6 is 0 Å². The van der Waals surface area contributed by atoms with Gasteiger partial charge in [-0.2, -0.15) is 0 Å². The lowest BCUT2D eigenvalue weighted by Crippen LogP contribution is -2.47. The smallest absolute Gasteiger partial charge is 0.152 e. The Bertz CT molecular complexity index is 459. The zero-order valence-corrected chi connectivity index (χ0v) is 11.5. The summed E-state index contributed by atoms with van der Waals surface area (Å²) < 4.78 is 22.7. The van der Waals surface area contributed by atoms with Crippen LogP contribution in [0.3, 0.4) is 0 Å². The number of rotatable bonds is 4. The van der Waals surface area contributed by atoms with Crippen LogP contribution < -0.4 is 5.32 Å². The van der Waals surface area contributed by atoms with Gasteiger partial charge in [0.05, 0.1) is 11.5 Å². The van der Waals surface area contributed by atoms with Crippen molar-refractivity contribution in [2.24, 2.45) is 0 Å². The monoisotopic (exact) mass is 268 g/mol. The first kappa shape index (κ1) is 13.4. The Hall–Kier alpha value is -1.07. The van der Waals surface area contributed by atoms with Crippen LogP contribution in [0.25, 0.3) is 0 Å². The number of hydrogen-bond acceptors (Lipinski definition) is 4. The molecule has 1 aliphatic rings. The molecule has 0 amide bonds. The van der Waals surface area contributed by atoms with Crippen molar-refractivity contribution < 1.29 is 8.42 Å². The van der Waals surface area contributed by atoms with Crippen LogP contribution in [0, 0.1) is 0 Å². The molecular formula is C13H20N2O2S. The first-order valence-corrected chi connectivity index (χ1v) is 8.12. The molecule has 0 aliphatic carbocycles. The van der Waals surface area contributed by atoms with E-state index in [1.54, 1.807) is 0 Å². The summed E-state index contributed by atoms with van der Waals surface area (Å²) in [7, 11) is -2.78. The maximum atomic E-state index is 11.4. The Kier molecular flexibility index (Phi) is 4.24. The van der Waals surface area contributed by atoms with Gasteiger partial charge in [-0.25, -0.2) is 8.42 Å². The van der Waals surface area contributed by atoms with Crippen molar-refractivity contribution in [3.8, 4) is 0 Å². The fourth-order valence-electron chi connectivity index (χ4n) is 2.12. The van der Waals surface area contributed by atoms with Gasteiger partial charge in [-0.15, -0.1) is 0 Å². The molecule has 1 saturated heterocycles. The summed E-state index contributed by atoms with van der Waals surface area (Å²) in [5.74, 6) is 0.589. The topological polar surface area (TPSA) is 49.4 Å². The molecule has 2 rings (SSSR count). The van der Waals surface area contributed by atoms with Gasteiger partial charge in [-0.3, -0.25) is 4.90 Å². The Morgan fingerprint density at radius 3 is 2.44 bits per heavy atom. The van der Waals surface area contributed by atoms with E-state index in [9.17, 15) is 8.42 Å². The Balaban J connectivity index is 1.80. The summed E-state index contributed by atoms with van der Waals surface area (Å²) in [6, 6.07) is 10.4. The SMILES string of the molecule is CC(CNc1ccccc1)N1CCS(=O)(=O)CC1. The van der Waals surface area contributed by atoms with Gasteiger partial charge >= 0.3 is 0 Å². The second-order valence-electron chi connectivity index (χ2n) is 4.78. The molecule has 5 heteroatoms. The molecular weight excluding hydrogens is 248 g/mol. The van der Waals surface area contributed by atoms with Gasteiger partial charge in [0.25, 0.3) is 0 Å². The normalized spacial score (nSPS) is 21.4. The molecule has 1 aromatic rings. The summed E-state index contributed by atoms with van der Waals surface area (Å²) in [6.07, 6.45) is 0. The average Bonchev–Trinajstić information content (AvgIpc) is 2.37. The van der Waals surface area contributed by atoms with E-state index in [-0.39, 0.29) is 0 Å². The zero-order valence-electron chi connectivity index (χ0n) is 10.7. The minimum atomic E-state index is -2.78. The third-order valence-corrected chi connectivity index (χ3v) is 4.99. The molecule has 4 nitrogen and oxygen atoms in total. The number of sulfone groups is 1. The van der Waals surface area contributed by atoms with Crippen molar-refractivity contribution in [2.45, 2.75) is 13.0 Å². The number of anilines is 1. The van der Waals surface area contributed by atoms with E-state index in [1.807, 2.05) is 30.3 Å². The molecule has 100 valence electrons. The summed E-state index contributed by atoms with van der Waals surface area (Å²) in [6.45, 7) is 4.28. The van der Waals surface area contributed by atoms with E-state index < -0.39 is 9.84 Å². The van der Waals surface area contributed by atoms with Crippen molar-refractivity contribution in [2.75, 3.05) is 36.5 Å². The van der Waals surface area contributed by atoms with Crippen molar-refractivity contribution in [1.82, 2.24) is 4.90 Å². The van der Waals surface area contributed by atoms with Crippen LogP contribution in [-0.2, 0) is 9.84 Å². The van der Waals surface area contributed by atoms with Crippen LogP contribution in [-0.4, -0.2) is 50.5 Å². The molecule has 0 saturated carbocycles. The van der Waals surface area contributed by atoms with E-state index in [2.05, 4.69) is 17.1 Å². The second kappa shape index (κ2) is 5.71. The van der Waals surface area contributed by atoms with Crippen LogP contribution in [0.2, 0.25) is 0 Å². The van der Waals surface area contributed by atoms with Crippen molar-refractivity contribution in [3.63, 3.8) is 0 Å². The Morgan fingerprint density at radius 2 is 1.83 bits per heavy atom. The largest absolute Gasteiger partial charge is 0.383 e. The molecule has 1 unspecified atom stereocenters. The van der Waals surface area contributed by atoms with Crippen LogP contribution in [0.5, 0.6) is 0 Å². The van der Waals surface area contributed by atoms with Gasteiger partial charge < -0.3 is 5.32 Å². The molecule has 1 aromatic carbocycles. The highest BCUT2D eigenvalue weighted by Gasteiger charge is 2.24. The lowest BCUT2D eigenvalue weighted by Gasteiger charge is -2.32. The molecule has 1 N–H and O–H groups in total. The molecule has 0 bridgehead atoms. The fourth-order valence-corrected chi connectivity index (χ4v) is 3.35. The minimum absolute atomic E-state index is 0.294. The van der Waals surface area contributed by atoms with Crippen molar-refractivity contribution in [1.29, 1.82) is 0 Å². The summed E-state index contributed by atoms with van der Waals surface area (Å²) in [4.78, 5) is 2.23. The summed E-state index contributed by atoms with van der Waals surface area (Å²) in [5, 5.41) is 3.37. The number of nitrogens with zero attached hydrogens (tertiary/aromatic N) is 1. The fraction of sp³-hybridized carbons (Fsp3) is 0.538. The molecule has 1 heterocycles. The van der Waals surface area contributed by atoms with E-state index in [1.165, 1.54) is 0 Å². The lowest BCUT2D eigenvalue weighted by molar-refractivity contribution is 0.235. The van der Waals surface area contributed by atoms with Gasteiger partial charge in [-0.05, 0) is 19.1 Å². The van der Waals surface area contributed by atoms with Gasteiger partial charge in [-0.1, -0.05) is 18.2 Å². The number of para-hydroxylation sites is 1. The van der Waals surface area contributed by atoms with Crippen LogP contribution in [0.15, 0.2) is 30.3 Å². The maximum absolute atomic E-state index is 11.4. The van der Waals surface area contributed by atoms with Crippen molar-refractivity contribution >= 4 is 15.5 Å². The average molecular weight is 268 g/mol. The molecule has 1 atom stereocenters. The van der Waals surface area contributed by atoms with Gasteiger partial charge in [0.15, 0.2) is 9.84 Å². The summed E-state index contributed by atoms with van der Waals surface area (Å²) >= 11 is 0. The first-order chi connectivity index (χ1) is 8.57. The predicted molar refractivity (Wildman–Crippen MR) is 74.6 cm³/mol. The Morgan fingerprint density at radius 1 is 1.22 bits per heavy atom. The Labute approximate surface area is 109 Å². The van der Waals surface area contributed by atoms with E-state index in [4.69, 9.17) is 0 Å². The van der Waals surface area contributed by atoms with Crippen molar-refractivity contribution in [3.05, 3.63) is 30.3 Å². The minimum Gasteiger partial charge on any atom is -0.383 e. The van der Waals surface area contributed by atoms with E-state index in [0.29, 0.717) is 30.6 Å². The molecule has 0 radical (unpaired) electrons. The summed E-state index contributed by atoms with van der Waals surface area (Å²) in [5.41, 5.74) is 1.11. The quantitative estimate of drug-likeness (QED) is 0.892. The first-order valence-electron chi connectivity index (χ1n) is 6.30. The maximum Gasteiger partial charge on any atom is 0.152 e. The van der Waals surface area contributed by atoms with Gasteiger partial charge in [0.1, 0.15) is 0 Å². The third-order valence-electron chi connectivity index (χ3n) is 3.38. The standard InChI is InChI=1S/C13H20N2O2S/c1-12(11-14-13-5-3-2-4-6-13)15-7-9-18(16,17)10-8-15/h2-6,12,14H,7-11H2,1H3. The lowest BCUT2D eigenvalue weighted by atomic mass is 10.2. The highest BCUT2D eigenvalue weighted by molar-refractivity contribution is 7.91. The van der Waals surface area contributed by atoms with E-state index in [0.717, 1.165) is 12.2 Å². The predicted octanol–water partition coefficient (Wildman–Crippen LogP) is 1.22.